The van der Waals surface area contributed by atoms with Crippen molar-refractivity contribution in [1.82, 2.24) is 20.0 Å². The summed E-state index contributed by atoms with van der Waals surface area (Å²) in [5.74, 6) is -0.0133. The highest BCUT2D eigenvalue weighted by molar-refractivity contribution is 6.13. The van der Waals surface area contributed by atoms with E-state index in [9.17, 15) is 18.0 Å². The summed E-state index contributed by atoms with van der Waals surface area (Å²) in [7, 11) is 1.55. The molecular weight excluding hydrogens is 501 g/mol. The number of carbonyl (C=O) groups is 1. The maximum atomic E-state index is 13.6. The van der Waals surface area contributed by atoms with Gasteiger partial charge in [0.05, 0.1) is 43.8 Å². The third kappa shape index (κ3) is 5.57. The summed E-state index contributed by atoms with van der Waals surface area (Å²) < 4.78 is 53.4. The molecule has 2 fully saturated rings. The van der Waals surface area contributed by atoms with Crippen LogP contribution < -0.4 is 20.3 Å². The van der Waals surface area contributed by atoms with Crippen molar-refractivity contribution in [1.29, 1.82) is 0 Å². The summed E-state index contributed by atoms with van der Waals surface area (Å²) in [5.41, 5.74) is 0.616. The van der Waals surface area contributed by atoms with Crippen molar-refractivity contribution < 1.29 is 27.4 Å². The molecule has 0 saturated carbocycles. The van der Waals surface area contributed by atoms with Crippen LogP contribution in [0, 0.1) is 0 Å². The molecule has 2 aliphatic rings. The van der Waals surface area contributed by atoms with E-state index in [0.29, 0.717) is 74.8 Å². The van der Waals surface area contributed by atoms with E-state index >= 15 is 0 Å². The number of carbonyl (C=O) groups excluding carboxylic acids is 1. The Morgan fingerprint density at radius 2 is 1.87 bits per heavy atom. The zero-order chi connectivity index (χ0) is 26.7. The van der Waals surface area contributed by atoms with Crippen LogP contribution in [0.5, 0.6) is 5.75 Å². The van der Waals surface area contributed by atoms with Crippen molar-refractivity contribution in [3.8, 4) is 5.75 Å². The number of aromatic nitrogens is 2. The molecule has 2 N–H and O–H groups in total. The molecule has 1 aromatic heterocycles. The van der Waals surface area contributed by atoms with E-state index in [2.05, 4.69) is 20.6 Å². The van der Waals surface area contributed by atoms with Gasteiger partial charge >= 0.3 is 6.18 Å². The molecule has 0 aliphatic carbocycles. The zero-order valence-corrected chi connectivity index (χ0v) is 21.2. The maximum absolute atomic E-state index is 13.6. The van der Waals surface area contributed by atoms with Crippen LogP contribution in [0.4, 0.5) is 24.5 Å². The minimum absolute atomic E-state index is 0.102. The number of amides is 1. The fraction of sp³-hybridized carbons (Fsp3) is 0.462. The van der Waals surface area contributed by atoms with Gasteiger partial charge < -0.3 is 25.0 Å². The fourth-order valence-electron chi connectivity index (χ4n) is 4.93. The lowest BCUT2D eigenvalue weighted by molar-refractivity contribution is -0.137. The topological polar surface area (TPSA) is 83.9 Å². The second-order valence-electron chi connectivity index (χ2n) is 9.30. The van der Waals surface area contributed by atoms with Crippen molar-refractivity contribution >= 4 is 28.2 Å². The van der Waals surface area contributed by atoms with Gasteiger partial charge in [-0.2, -0.15) is 18.3 Å². The molecule has 3 heterocycles. The van der Waals surface area contributed by atoms with E-state index in [1.165, 1.54) is 6.07 Å². The summed E-state index contributed by atoms with van der Waals surface area (Å²) in [6, 6.07) is 8.80. The molecule has 0 spiro atoms. The lowest BCUT2D eigenvalue weighted by atomic mass is 10.1. The lowest BCUT2D eigenvalue weighted by Crippen LogP contribution is -2.43. The van der Waals surface area contributed by atoms with Gasteiger partial charge in [0.1, 0.15) is 11.3 Å². The third-order valence-corrected chi connectivity index (χ3v) is 6.93. The van der Waals surface area contributed by atoms with Crippen LogP contribution in [0.2, 0.25) is 0 Å². The first-order valence-corrected chi connectivity index (χ1v) is 12.7. The van der Waals surface area contributed by atoms with Gasteiger partial charge in [0.15, 0.2) is 5.69 Å². The summed E-state index contributed by atoms with van der Waals surface area (Å²) >= 11 is 0. The summed E-state index contributed by atoms with van der Waals surface area (Å²) in [6.45, 7) is 6.82. The number of fused-ring (bicyclic) bond motifs is 1. The number of nitrogens with one attached hydrogen (secondary N) is 2. The van der Waals surface area contributed by atoms with E-state index in [-0.39, 0.29) is 11.4 Å². The van der Waals surface area contributed by atoms with Crippen molar-refractivity contribution in [2.45, 2.75) is 12.7 Å². The van der Waals surface area contributed by atoms with Gasteiger partial charge in [-0.05, 0) is 24.3 Å². The number of piperazine rings is 1. The predicted molar refractivity (Wildman–Crippen MR) is 138 cm³/mol. The van der Waals surface area contributed by atoms with Gasteiger partial charge in [0.25, 0.3) is 5.91 Å². The van der Waals surface area contributed by atoms with Crippen molar-refractivity contribution in [2.24, 2.45) is 0 Å². The first-order chi connectivity index (χ1) is 18.3. The molecule has 204 valence electrons. The molecule has 0 radical (unpaired) electrons. The Hall–Kier alpha value is -3.35. The van der Waals surface area contributed by atoms with Gasteiger partial charge in [-0.25, -0.2) is 0 Å². The number of halogens is 3. The minimum atomic E-state index is -4.54. The van der Waals surface area contributed by atoms with Crippen molar-refractivity contribution in [3.63, 3.8) is 0 Å². The van der Waals surface area contributed by atoms with E-state index in [4.69, 9.17) is 9.47 Å². The quantitative estimate of drug-likeness (QED) is 0.484. The van der Waals surface area contributed by atoms with Crippen LogP contribution >= 0.6 is 0 Å². The second kappa shape index (κ2) is 11.2. The van der Waals surface area contributed by atoms with Gasteiger partial charge in [-0.1, -0.05) is 12.1 Å². The number of ether oxygens (including phenoxy) is 2. The molecule has 12 heteroatoms. The Morgan fingerprint density at radius 3 is 2.58 bits per heavy atom. The third-order valence-electron chi connectivity index (χ3n) is 6.93. The number of nitrogens with zero attached hydrogens (tertiary/aromatic N) is 4. The molecule has 0 unspecified atom stereocenters. The Bertz CT molecular complexity index is 1280. The molecule has 2 aliphatic heterocycles. The van der Waals surface area contributed by atoms with Gasteiger partial charge in [0.2, 0.25) is 0 Å². The molecule has 5 rings (SSSR count). The molecule has 3 aromatic rings. The van der Waals surface area contributed by atoms with Crippen molar-refractivity contribution in [3.05, 3.63) is 47.7 Å². The first-order valence-electron chi connectivity index (χ1n) is 12.7. The number of para-hydroxylation sites is 1. The van der Waals surface area contributed by atoms with Crippen LogP contribution in [-0.2, 0) is 17.5 Å². The average Bonchev–Trinajstić information content (AvgIpc) is 3.31. The summed E-state index contributed by atoms with van der Waals surface area (Å²) in [5, 5.41) is 11.2. The van der Waals surface area contributed by atoms with E-state index in [1.54, 1.807) is 30.0 Å². The number of morpholine rings is 1. The Morgan fingerprint density at radius 1 is 1.11 bits per heavy atom. The second-order valence-corrected chi connectivity index (χ2v) is 9.30. The summed E-state index contributed by atoms with van der Waals surface area (Å²) in [6.07, 6.45) is -4.54. The highest BCUT2D eigenvalue weighted by atomic mass is 19.4. The Balaban J connectivity index is 1.48. The van der Waals surface area contributed by atoms with E-state index in [1.807, 2.05) is 4.90 Å². The molecule has 9 nitrogen and oxygen atoms in total. The molecule has 2 saturated heterocycles. The Kier molecular flexibility index (Phi) is 7.73. The number of alkyl halides is 3. The molecule has 0 atom stereocenters. The number of benzene rings is 2. The minimum Gasteiger partial charge on any atom is -0.494 e. The van der Waals surface area contributed by atoms with Crippen LogP contribution in [-0.4, -0.2) is 86.7 Å². The number of hydrogen-bond acceptors (Lipinski definition) is 7. The molecule has 38 heavy (non-hydrogen) atoms. The van der Waals surface area contributed by atoms with Gasteiger partial charge in [-0.3, -0.25) is 14.4 Å². The van der Waals surface area contributed by atoms with Gasteiger partial charge in [-0.15, -0.1) is 0 Å². The highest BCUT2D eigenvalue weighted by Gasteiger charge is 2.32. The molecular formula is C26H31F3N6O3. The van der Waals surface area contributed by atoms with Crippen LogP contribution in [0.1, 0.15) is 16.1 Å². The van der Waals surface area contributed by atoms with Gasteiger partial charge in [0, 0.05) is 51.2 Å². The normalized spacial score (nSPS) is 17.1. The van der Waals surface area contributed by atoms with E-state index < -0.39 is 17.6 Å². The van der Waals surface area contributed by atoms with Crippen LogP contribution in [0.3, 0.4) is 0 Å². The fourth-order valence-corrected chi connectivity index (χ4v) is 4.93. The van der Waals surface area contributed by atoms with Crippen LogP contribution in [0.15, 0.2) is 36.4 Å². The van der Waals surface area contributed by atoms with Crippen molar-refractivity contribution in [2.75, 3.05) is 76.4 Å². The predicted octanol–water partition coefficient (Wildman–Crippen LogP) is 3.06. The monoisotopic (exact) mass is 532 g/mol. The standard InChI is InChI=1S/C26H31F3N6O3/c1-37-22-4-2-3-19-23(32-35(24(19)22)12-11-33-13-15-38-16-14-33)25(36)31-20-17-18(26(27,28)29)5-6-21(20)34-9-7-30-8-10-34/h2-6,17,30H,7-16H2,1H3,(H,31,36). The zero-order valence-electron chi connectivity index (χ0n) is 21.2. The molecule has 2 aromatic carbocycles. The molecule has 1 amide bonds. The molecule has 0 bridgehead atoms. The Labute approximate surface area is 218 Å². The largest absolute Gasteiger partial charge is 0.494 e. The van der Waals surface area contributed by atoms with Crippen LogP contribution in [0.25, 0.3) is 10.9 Å². The number of methoxy groups -OCH3 is 1. The summed E-state index contributed by atoms with van der Waals surface area (Å²) in [4.78, 5) is 17.8. The number of rotatable bonds is 7. The number of hydrogen-bond donors (Lipinski definition) is 2. The average molecular weight is 533 g/mol. The maximum Gasteiger partial charge on any atom is 0.416 e. The highest BCUT2D eigenvalue weighted by Crippen LogP contribution is 2.36. The smallest absolute Gasteiger partial charge is 0.416 e. The lowest BCUT2D eigenvalue weighted by Gasteiger charge is -2.31. The SMILES string of the molecule is COc1cccc2c(C(=O)Nc3cc(C(F)(F)F)ccc3N3CCNCC3)nn(CCN3CCOCC3)c12. The van der Waals surface area contributed by atoms with E-state index in [0.717, 1.165) is 25.2 Å². The number of anilines is 2. The first kappa shape index (κ1) is 26.3.